The van der Waals surface area contributed by atoms with Crippen LogP contribution in [0.3, 0.4) is 0 Å². The third-order valence-electron chi connectivity index (χ3n) is 1.53. The van der Waals surface area contributed by atoms with Gasteiger partial charge in [-0.05, 0) is 18.2 Å². The van der Waals surface area contributed by atoms with E-state index >= 15 is 0 Å². The highest BCUT2D eigenvalue weighted by molar-refractivity contribution is 9.10. The first-order valence-corrected chi connectivity index (χ1v) is 6.53. The molecule has 0 saturated heterocycles. The summed E-state index contributed by atoms with van der Waals surface area (Å²) in [6.07, 6.45) is -4.13. The van der Waals surface area contributed by atoms with E-state index in [0.717, 1.165) is 18.4 Å². The van der Waals surface area contributed by atoms with Crippen LogP contribution in [0.4, 0.5) is 13.2 Å². The number of rotatable bonds is 2. The van der Waals surface area contributed by atoms with Crippen molar-refractivity contribution in [1.29, 1.82) is 0 Å². The van der Waals surface area contributed by atoms with Crippen LogP contribution in [0.15, 0.2) is 27.6 Å². The molecule has 1 aromatic rings. The Morgan fingerprint density at radius 3 is 2.31 bits per heavy atom. The molecule has 0 N–H and O–H groups in total. The third kappa shape index (κ3) is 3.67. The maximum absolute atomic E-state index is 12.0. The Kier molecular flexibility index (Phi) is 3.53. The van der Waals surface area contributed by atoms with Crippen molar-refractivity contribution >= 4 is 25.8 Å². The molecular formula is C8H6BrF3O3S. The van der Waals surface area contributed by atoms with E-state index in [2.05, 4.69) is 20.7 Å². The monoisotopic (exact) mass is 318 g/mol. The van der Waals surface area contributed by atoms with E-state index in [4.69, 9.17) is 0 Å². The highest BCUT2D eigenvalue weighted by Crippen LogP contribution is 2.31. The Morgan fingerprint density at radius 2 is 1.88 bits per heavy atom. The van der Waals surface area contributed by atoms with Crippen LogP contribution in [0.5, 0.6) is 5.75 Å². The lowest BCUT2D eigenvalue weighted by molar-refractivity contribution is -0.275. The molecule has 0 aliphatic carbocycles. The standard InChI is InChI=1S/C8H6BrF3O3S/c1-16(13,14)7-3-2-5(9)4-6(7)15-8(10,11)12/h2-4H,1H3. The van der Waals surface area contributed by atoms with E-state index in [1.54, 1.807) is 0 Å². The number of ether oxygens (including phenoxy) is 1. The van der Waals surface area contributed by atoms with Crippen molar-refractivity contribution in [3.05, 3.63) is 22.7 Å². The highest BCUT2D eigenvalue weighted by Gasteiger charge is 2.33. The van der Waals surface area contributed by atoms with Crippen molar-refractivity contribution in [1.82, 2.24) is 0 Å². The molecule has 8 heteroatoms. The summed E-state index contributed by atoms with van der Waals surface area (Å²) in [6, 6.07) is 3.31. The molecule has 0 radical (unpaired) electrons. The van der Waals surface area contributed by atoms with E-state index in [9.17, 15) is 21.6 Å². The molecule has 1 rings (SSSR count). The molecular weight excluding hydrogens is 313 g/mol. The predicted octanol–water partition coefficient (Wildman–Crippen LogP) is 2.75. The van der Waals surface area contributed by atoms with Crippen LogP contribution in [0, 0.1) is 0 Å². The lowest BCUT2D eigenvalue weighted by atomic mass is 10.3. The van der Waals surface area contributed by atoms with Gasteiger partial charge in [-0.15, -0.1) is 13.2 Å². The minimum Gasteiger partial charge on any atom is -0.404 e. The van der Waals surface area contributed by atoms with Gasteiger partial charge in [-0.25, -0.2) is 8.42 Å². The van der Waals surface area contributed by atoms with Crippen molar-refractivity contribution in [2.75, 3.05) is 6.26 Å². The molecule has 16 heavy (non-hydrogen) atoms. The lowest BCUT2D eigenvalue weighted by Gasteiger charge is -2.12. The quantitative estimate of drug-likeness (QED) is 0.842. The van der Waals surface area contributed by atoms with Gasteiger partial charge >= 0.3 is 6.36 Å². The summed E-state index contributed by atoms with van der Waals surface area (Å²) in [6.45, 7) is 0. The van der Waals surface area contributed by atoms with Crippen LogP contribution >= 0.6 is 15.9 Å². The number of alkyl halides is 3. The van der Waals surface area contributed by atoms with Crippen molar-refractivity contribution < 1.29 is 26.3 Å². The van der Waals surface area contributed by atoms with Gasteiger partial charge in [0.05, 0.1) is 0 Å². The molecule has 0 bridgehead atoms. The first-order chi connectivity index (χ1) is 7.09. The van der Waals surface area contributed by atoms with Gasteiger partial charge in [0.15, 0.2) is 9.84 Å². The minimum atomic E-state index is -4.93. The van der Waals surface area contributed by atoms with Crippen LogP contribution in [-0.2, 0) is 9.84 Å². The Morgan fingerprint density at radius 1 is 1.31 bits per heavy atom. The van der Waals surface area contributed by atoms with Crippen LogP contribution in [0.2, 0.25) is 0 Å². The maximum Gasteiger partial charge on any atom is 0.573 e. The van der Waals surface area contributed by atoms with E-state index in [1.165, 1.54) is 6.07 Å². The average molecular weight is 319 g/mol. The van der Waals surface area contributed by atoms with Crippen LogP contribution < -0.4 is 4.74 Å². The summed E-state index contributed by atoms with van der Waals surface area (Å²) in [5, 5.41) is 0. The molecule has 0 atom stereocenters. The summed E-state index contributed by atoms with van der Waals surface area (Å²) in [5.74, 6) is -0.746. The van der Waals surface area contributed by atoms with E-state index in [0.29, 0.717) is 4.47 Å². The van der Waals surface area contributed by atoms with Gasteiger partial charge in [0, 0.05) is 10.7 Å². The number of hydrogen-bond acceptors (Lipinski definition) is 3. The molecule has 90 valence electrons. The Balaban J connectivity index is 3.30. The third-order valence-corrected chi connectivity index (χ3v) is 3.16. The molecule has 1 aromatic carbocycles. The molecule has 0 aromatic heterocycles. The SMILES string of the molecule is CS(=O)(=O)c1ccc(Br)cc1OC(F)(F)F. The zero-order valence-corrected chi connectivity index (χ0v) is 10.3. The van der Waals surface area contributed by atoms with E-state index in [-0.39, 0.29) is 0 Å². The highest BCUT2D eigenvalue weighted by atomic mass is 79.9. The van der Waals surface area contributed by atoms with Crippen molar-refractivity contribution in [2.45, 2.75) is 11.3 Å². The average Bonchev–Trinajstić information content (AvgIpc) is 1.97. The fraction of sp³-hybridized carbons (Fsp3) is 0.250. The summed E-state index contributed by atoms with van der Waals surface area (Å²) in [7, 11) is -3.77. The Hall–Kier alpha value is -0.760. The van der Waals surface area contributed by atoms with Gasteiger partial charge in [0.1, 0.15) is 10.6 Å². The molecule has 0 saturated carbocycles. The number of sulfone groups is 1. The molecule has 0 fully saturated rings. The first kappa shape index (κ1) is 13.3. The minimum absolute atomic E-state index is 0.291. The van der Waals surface area contributed by atoms with Crippen molar-refractivity contribution in [3.8, 4) is 5.75 Å². The van der Waals surface area contributed by atoms with Gasteiger partial charge < -0.3 is 4.74 Å². The normalized spacial score (nSPS) is 12.6. The van der Waals surface area contributed by atoms with E-state index < -0.39 is 26.8 Å². The number of halogens is 4. The Bertz CT molecular complexity index is 496. The first-order valence-electron chi connectivity index (χ1n) is 3.85. The fourth-order valence-corrected chi connectivity index (χ4v) is 2.11. The van der Waals surface area contributed by atoms with Gasteiger partial charge in [-0.1, -0.05) is 15.9 Å². The second-order valence-corrected chi connectivity index (χ2v) is 5.81. The van der Waals surface area contributed by atoms with Crippen molar-refractivity contribution in [3.63, 3.8) is 0 Å². The van der Waals surface area contributed by atoms with Crippen LogP contribution in [0.25, 0.3) is 0 Å². The van der Waals surface area contributed by atoms with Gasteiger partial charge in [-0.3, -0.25) is 0 Å². The zero-order chi connectivity index (χ0) is 12.6. The Labute approximate surface area is 98.3 Å². The molecule has 0 unspecified atom stereocenters. The molecule has 3 nitrogen and oxygen atoms in total. The van der Waals surface area contributed by atoms with Gasteiger partial charge in [0.2, 0.25) is 0 Å². The van der Waals surface area contributed by atoms with Crippen LogP contribution in [0.1, 0.15) is 0 Å². The summed E-state index contributed by atoms with van der Waals surface area (Å²) in [5.41, 5.74) is 0. The second-order valence-electron chi connectivity index (χ2n) is 2.91. The lowest BCUT2D eigenvalue weighted by Crippen LogP contribution is -2.18. The summed E-state index contributed by atoms with van der Waals surface area (Å²) < 4.78 is 62.3. The van der Waals surface area contributed by atoms with Crippen molar-refractivity contribution in [2.24, 2.45) is 0 Å². The summed E-state index contributed by atoms with van der Waals surface area (Å²) >= 11 is 2.93. The molecule has 0 spiro atoms. The fourth-order valence-electron chi connectivity index (χ4n) is 0.993. The predicted molar refractivity (Wildman–Crippen MR) is 53.9 cm³/mol. The maximum atomic E-state index is 12.0. The molecule has 0 aliphatic heterocycles. The molecule has 0 aliphatic rings. The largest absolute Gasteiger partial charge is 0.573 e. The topological polar surface area (TPSA) is 43.4 Å². The van der Waals surface area contributed by atoms with E-state index in [1.807, 2.05) is 0 Å². The molecule has 0 amide bonds. The van der Waals surface area contributed by atoms with Gasteiger partial charge in [0.25, 0.3) is 0 Å². The second kappa shape index (κ2) is 4.25. The number of hydrogen-bond donors (Lipinski definition) is 0. The smallest absolute Gasteiger partial charge is 0.404 e. The van der Waals surface area contributed by atoms with Crippen LogP contribution in [-0.4, -0.2) is 21.0 Å². The van der Waals surface area contributed by atoms with Gasteiger partial charge in [-0.2, -0.15) is 0 Å². The zero-order valence-electron chi connectivity index (χ0n) is 7.88. The summed E-state index contributed by atoms with van der Waals surface area (Å²) in [4.78, 5) is -0.506. The molecule has 0 heterocycles. The number of benzene rings is 1.